The Hall–Kier alpha value is -0.280. The fourth-order valence-corrected chi connectivity index (χ4v) is 1.56. The number of hydrogen-bond donors (Lipinski definition) is 1. The standard InChI is InChI=1S/C9H15NOS/c1-12-9(11)5-4-8-3-2-6-10-7-8/h3,10H,2,4-7H2,1H3. The van der Waals surface area contributed by atoms with E-state index in [1.54, 1.807) is 0 Å². The Labute approximate surface area is 77.8 Å². The molecular formula is C9H15NOS. The van der Waals surface area contributed by atoms with Crippen molar-refractivity contribution >= 4 is 16.9 Å². The molecule has 0 radical (unpaired) electrons. The van der Waals surface area contributed by atoms with Gasteiger partial charge in [-0.1, -0.05) is 23.4 Å². The maximum Gasteiger partial charge on any atom is 0.188 e. The van der Waals surface area contributed by atoms with Crippen molar-refractivity contribution < 1.29 is 4.79 Å². The Kier molecular flexibility index (Phi) is 4.40. The third kappa shape index (κ3) is 3.41. The summed E-state index contributed by atoms with van der Waals surface area (Å²) in [6.45, 7) is 2.06. The Morgan fingerprint density at radius 3 is 3.17 bits per heavy atom. The van der Waals surface area contributed by atoms with Crippen molar-refractivity contribution in [2.45, 2.75) is 19.3 Å². The average molecular weight is 185 g/mol. The third-order valence-electron chi connectivity index (χ3n) is 1.98. The van der Waals surface area contributed by atoms with Crippen molar-refractivity contribution in [1.82, 2.24) is 5.32 Å². The van der Waals surface area contributed by atoms with E-state index in [0.717, 1.165) is 25.9 Å². The first-order valence-electron chi connectivity index (χ1n) is 4.28. The van der Waals surface area contributed by atoms with Crippen LogP contribution in [-0.2, 0) is 4.79 Å². The van der Waals surface area contributed by atoms with E-state index in [1.165, 1.54) is 17.3 Å². The summed E-state index contributed by atoms with van der Waals surface area (Å²) >= 11 is 1.33. The van der Waals surface area contributed by atoms with Gasteiger partial charge < -0.3 is 5.32 Å². The molecule has 0 aromatic carbocycles. The molecule has 68 valence electrons. The highest BCUT2D eigenvalue weighted by Crippen LogP contribution is 2.11. The lowest BCUT2D eigenvalue weighted by Crippen LogP contribution is -2.22. The van der Waals surface area contributed by atoms with Crippen LogP contribution in [0.5, 0.6) is 0 Å². The zero-order chi connectivity index (χ0) is 8.81. The normalized spacial score (nSPS) is 17.2. The van der Waals surface area contributed by atoms with E-state index < -0.39 is 0 Å². The lowest BCUT2D eigenvalue weighted by atomic mass is 10.1. The van der Waals surface area contributed by atoms with Crippen molar-refractivity contribution in [3.05, 3.63) is 11.6 Å². The fraction of sp³-hybridized carbons (Fsp3) is 0.667. The quantitative estimate of drug-likeness (QED) is 0.677. The van der Waals surface area contributed by atoms with Crippen LogP contribution < -0.4 is 5.32 Å². The van der Waals surface area contributed by atoms with E-state index in [9.17, 15) is 4.79 Å². The highest BCUT2D eigenvalue weighted by molar-refractivity contribution is 8.13. The maximum atomic E-state index is 11.0. The van der Waals surface area contributed by atoms with Gasteiger partial charge >= 0.3 is 0 Å². The minimum absolute atomic E-state index is 0.293. The average Bonchev–Trinajstić information content (AvgIpc) is 2.16. The topological polar surface area (TPSA) is 29.1 Å². The minimum Gasteiger partial charge on any atom is -0.313 e. The summed E-state index contributed by atoms with van der Waals surface area (Å²) < 4.78 is 0. The minimum atomic E-state index is 0.293. The molecule has 1 rings (SSSR count). The van der Waals surface area contributed by atoms with Crippen molar-refractivity contribution in [1.29, 1.82) is 0 Å². The molecule has 0 aliphatic carbocycles. The second-order valence-corrected chi connectivity index (χ2v) is 3.77. The molecule has 1 aliphatic heterocycles. The van der Waals surface area contributed by atoms with Gasteiger partial charge in [-0.25, -0.2) is 0 Å². The van der Waals surface area contributed by atoms with E-state index >= 15 is 0 Å². The van der Waals surface area contributed by atoms with Crippen LogP contribution in [0.2, 0.25) is 0 Å². The van der Waals surface area contributed by atoms with Crippen molar-refractivity contribution in [2.75, 3.05) is 19.3 Å². The molecule has 0 atom stereocenters. The summed E-state index contributed by atoms with van der Waals surface area (Å²) in [6.07, 6.45) is 6.84. The first-order chi connectivity index (χ1) is 5.83. The van der Waals surface area contributed by atoms with E-state index in [-0.39, 0.29) is 0 Å². The SMILES string of the molecule is CSC(=O)CCC1=CCCNC1. The van der Waals surface area contributed by atoms with E-state index in [2.05, 4.69) is 11.4 Å². The fourth-order valence-electron chi connectivity index (χ4n) is 1.25. The van der Waals surface area contributed by atoms with Gasteiger partial charge in [0.1, 0.15) is 0 Å². The molecule has 12 heavy (non-hydrogen) atoms. The number of carbonyl (C=O) groups is 1. The predicted octanol–water partition coefficient (Wildman–Crippen LogP) is 1.58. The summed E-state index contributed by atoms with van der Waals surface area (Å²) in [6, 6.07) is 0. The maximum absolute atomic E-state index is 11.0. The second-order valence-electron chi connectivity index (χ2n) is 2.90. The van der Waals surface area contributed by atoms with E-state index in [1.807, 2.05) is 6.26 Å². The molecule has 2 nitrogen and oxygen atoms in total. The smallest absolute Gasteiger partial charge is 0.188 e. The highest BCUT2D eigenvalue weighted by atomic mass is 32.2. The molecule has 0 spiro atoms. The molecule has 3 heteroatoms. The second kappa shape index (κ2) is 5.38. The lowest BCUT2D eigenvalue weighted by Gasteiger charge is -2.13. The lowest BCUT2D eigenvalue weighted by molar-refractivity contribution is -0.110. The zero-order valence-electron chi connectivity index (χ0n) is 7.43. The molecule has 1 N–H and O–H groups in total. The number of thioether (sulfide) groups is 1. The van der Waals surface area contributed by atoms with Crippen LogP contribution in [0.25, 0.3) is 0 Å². The molecule has 1 heterocycles. The first-order valence-corrected chi connectivity index (χ1v) is 5.51. The van der Waals surface area contributed by atoms with Gasteiger partial charge in [0.15, 0.2) is 5.12 Å². The molecule has 0 bridgehead atoms. The van der Waals surface area contributed by atoms with Gasteiger partial charge in [-0.05, 0) is 25.6 Å². The molecule has 0 fully saturated rings. The highest BCUT2D eigenvalue weighted by Gasteiger charge is 2.05. The van der Waals surface area contributed by atoms with Crippen LogP contribution in [0.3, 0.4) is 0 Å². The van der Waals surface area contributed by atoms with Crippen LogP contribution in [0.4, 0.5) is 0 Å². The molecule has 0 unspecified atom stereocenters. The largest absolute Gasteiger partial charge is 0.313 e. The molecule has 0 saturated carbocycles. The predicted molar refractivity (Wildman–Crippen MR) is 53.3 cm³/mol. The third-order valence-corrected chi connectivity index (χ3v) is 2.64. The molecular weight excluding hydrogens is 170 g/mol. The molecule has 0 amide bonds. The monoisotopic (exact) mass is 185 g/mol. The Bertz CT molecular complexity index is 189. The van der Waals surface area contributed by atoms with Crippen LogP contribution in [-0.4, -0.2) is 24.5 Å². The van der Waals surface area contributed by atoms with E-state index in [0.29, 0.717) is 11.5 Å². The van der Waals surface area contributed by atoms with Crippen molar-refractivity contribution in [2.24, 2.45) is 0 Å². The van der Waals surface area contributed by atoms with Gasteiger partial charge in [-0.15, -0.1) is 0 Å². The summed E-state index contributed by atoms with van der Waals surface area (Å²) in [4.78, 5) is 11.0. The van der Waals surface area contributed by atoms with E-state index in [4.69, 9.17) is 0 Å². The first kappa shape index (κ1) is 9.81. The number of hydrogen-bond acceptors (Lipinski definition) is 3. The van der Waals surface area contributed by atoms with Gasteiger partial charge in [0, 0.05) is 13.0 Å². The summed E-state index contributed by atoms with van der Waals surface area (Å²) in [5.41, 5.74) is 1.39. The Balaban J connectivity index is 2.21. The van der Waals surface area contributed by atoms with Gasteiger partial charge in [-0.2, -0.15) is 0 Å². The molecule has 1 aliphatic rings. The summed E-state index contributed by atoms with van der Waals surface area (Å²) in [7, 11) is 0. The van der Waals surface area contributed by atoms with Crippen molar-refractivity contribution in [3.8, 4) is 0 Å². The Morgan fingerprint density at radius 1 is 1.75 bits per heavy atom. The number of rotatable bonds is 3. The van der Waals surface area contributed by atoms with Crippen LogP contribution in [0, 0.1) is 0 Å². The van der Waals surface area contributed by atoms with Gasteiger partial charge in [0.2, 0.25) is 0 Å². The van der Waals surface area contributed by atoms with Gasteiger partial charge in [-0.3, -0.25) is 4.79 Å². The molecule has 0 aromatic rings. The summed E-state index contributed by atoms with van der Waals surface area (Å²) in [5.74, 6) is 0. The molecule has 0 aromatic heterocycles. The molecule has 0 saturated heterocycles. The van der Waals surface area contributed by atoms with Gasteiger partial charge in [0.25, 0.3) is 0 Å². The van der Waals surface area contributed by atoms with Crippen LogP contribution >= 0.6 is 11.8 Å². The summed E-state index contributed by atoms with van der Waals surface area (Å²) in [5, 5.41) is 3.58. The van der Waals surface area contributed by atoms with Gasteiger partial charge in [0.05, 0.1) is 0 Å². The number of carbonyl (C=O) groups excluding carboxylic acids is 1. The van der Waals surface area contributed by atoms with Crippen LogP contribution in [0.1, 0.15) is 19.3 Å². The zero-order valence-corrected chi connectivity index (χ0v) is 8.25. The van der Waals surface area contributed by atoms with Crippen LogP contribution in [0.15, 0.2) is 11.6 Å². The number of nitrogens with one attached hydrogen (secondary N) is 1. The van der Waals surface area contributed by atoms with Crippen molar-refractivity contribution in [3.63, 3.8) is 0 Å². The Morgan fingerprint density at radius 2 is 2.58 bits per heavy atom.